The maximum absolute atomic E-state index is 13.8. The molecule has 0 atom stereocenters. The lowest BCUT2D eigenvalue weighted by molar-refractivity contribution is 0.289. The van der Waals surface area contributed by atoms with Gasteiger partial charge in [0.25, 0.3) is 0 Å². The van der Waals surface area contributed by atoms with Crippen molar-refractivity contribution in [1.82, 2.24) is 0 Å². The Morgan fingerprint density at radius 1 is 1.14 bits per heavy atom. The summed E-state index contributed by atoms with van der Waals surface area (Å²) in [5.74, 6) is 5.65. The number of hydrogen-bond acceptors (Lipinski definition) is 1. The number of benzene rings is 2. The zero-order chi connectivity index (χ0) is 15.2. The minimum Gasteiger partial charge on any atom is -0.486 e. The molecule has 2 aromatic carbocycles. The molecular formula is C18H16ClFO. The molecule has 0 radical (unpaired) electrons. The van der Waals surface area contributed by atoms with Crippen LogP contribution < -0.4 is 4.74 Å². The topological polar surface area (TPSA) is 9.23 Å². The minimum absolute atomic E-state index is 0.206. The lowest BCUT2D eigenvalue weighted by Gasteiger charge is -2.10. The van der Waals surface area contributed by atoms with E-state index in [9.17, 15) is 4.39 Å². The average Bonchev–Trinajstić information content (AvgIpc) is 2.48. The summed E-state index contributed by atoms with van der Waals surface area (Å²) in [6.07, 6.45) is 0. The summed E-state index contributed by atoms with van der Waals surface area (Å²) in [5.41, 5.74) is 4.01. The van der Waals surface area contributed by atoms with Crippen LogP contribution in [-0.4, -0.2) is 5.88 Å². The van der Waals surface area contributed by atoms with Gasteiger partial charge in [-0.15, -0.1) is 11.6 Å². The molecule has 3 heteroatoms. The van der Waals surface area contributed by atoms with Crippen LogP contribution in [0.25, 0.3) is 0 Å². The van der Waals surface area contributed by atoms with Gasteiger partial charge in [-0.1, -0.05) is 35.6 Å². The Bertz CT molecular complexity index is 698. The molecule has 21 heavy (non-hydrogen) atoms. The Kier molecular flexibility index (Phi) is 5.25. The van der Waals surface area contributed by atoms with E-state index in [2.05, 4.69) is 11.8 Å². The quantitative estimate of drug-likeness (QED) is 0.594. The molecule has 0 aromatic heterocycles. The molecule has 0 fully saturated rings. The number of aryl methyl sites for hydroxylation is 2. The maximum atomic E-state index is 13.8. The van der Waals surface area contributed by atoms with E-state index >= 15 is 0 Å². The third-order valence-corrected chi connectivity index (χ3v) is 3.25. The number of alkyl halides is 1. The highest BCUT2D eigenvalue weighted by Crippen LogP contribution is 2.21. The fraction of sp³-hybridized carbons (Fsp3) is 0.222. The molecule has 0 bridgehead atoms. The van der Waals surface area contributed by atoms with Crippen molar-refractivity contribution in [3.8, 4) is 17.6 Å². The van der Waals surface area contributed by atoms with Gasteiger partial charge < -0.3 is 4.74 Å². The second-order valence-electron chi connectivity index (χ2n) is 4.80. The van der Waals surface area contributed by atoms with Crippen LogP contribution in [0.1, 0.15) is 22.3 Å². The molecule has 0 unspecified atom stereocenters. The fourth-order valence-electron chi connectivity index (χ4n) is 1.94. The van der Waals surface area contributed by atoms with Crippen LogP contribution in [0, 0.1) is 31.5 Å². The normalized spacial score (nSPS) is 9.90. The SMILES string of the molecule is Cc1ccc(C)c(COc2cc(C#CCCl)ccc2F)c1. The molecule has 0 amide bonds. The molecule has 0 N–H and O–H groups in total. The second-order valence-corrected chi connectivity index (χ2v) is 5.07. The van der Waals surface area contributed by atoms with Gasteiger partial charge in [0.2, 0.25) is 0 Å². The van der Waals surface area contributed by atoms with Gasteiger partial charge in [-0.05, 0) is 43.2 Å². The molecule has 2 aromatic rings. The van der Waals surface area contributed by atoms with Crippen LogP contribution in [0.2, 0.25) is 0 Å². The average molecular weight is 303 g/mol. The predicted molar refractivity (Wildman–Crippen MR) is 84.2 cm³/mol. The molecule has 0 saturated heterocycles. The van der Waals surface area contributed by atoms with Gasteiger partial charge in [0.05, 0.1) is 5.88 Å². The van der Waals surface area contributed by atoms with Crippen molar-refractivity contribution < 1.29 is 9.13 Å². The molecular weight excluding hydrogens is 287 g/mol. The lowest BCUT2D eigenvalue weighted by Crippen LogP contribution is -2.00. The number of rotatable bonds is 3. The summed E-state index contributed by atoms with van der Waals surface area (Å²) in [7, 11) is 0. The summed E-state index contributed by atoms with van der Waals surface area (Å²) in [5, 5.41) is 0. The lowest BCUT2D eigenvalue weighted by atomic mass is 10.1. The highest BCUT2D eigenvalue weighted by Gasteiger charge is 2.06. The molecule has 2 rings (SSSR count). The van der Waals surface area contributed by atoms with Gasteiger partial charge in [-0.2, -0.15) is 0 Å². The summed E-state index contributed by atoms with van der Waals surface area (Å²) >= 11 is 5.52. The number of hydrogen-bond donors (Lipinski definition) is 0. The number of halogens is 2. The molecule has 0 heterocycles. The Hall–Kier alpha value is -1.98. The van der Waals surface area contributed by atoms with Crippen LogP contribution in [0.5, 0.6) is 5.75 Å². The van der Waals surface area contributed by atoms with Crippen LogP contribution in [0.15, 0.2) is 36.4 Å². The molecule has 0 aliphatic rings. The third-order valence-electron chi connectivity index (χ3n) is 3.12. The first-order valence-electron chi connectivity index (χ1n) is 6.63. The van der Waals surface area contributed by atoms with Crippen molar-refractivity contribution in [3.05, 3.63) is 64.5 Å². The largest absolute Gasteiger partial charge is 0.486 e. The van der Waals surface area contributed by atoms with Crippen molar-refractivity contribution in [3.63, 3.8) is 0 Å². The highest BCUT2D eigenvalue weighted by molar-refractivity contribution is 6.19. The first-order chi connectivity index (χ1) is 10.1. The Balaban J connectivity index is 2.17. The van der Waals surface area contributed by atoms with Crippen molar-refractivity contribution in [1.29, 1.82) is 0 Å². The van der Waals surface area contributed by atoms with Crippen molar-refractivity contribution in [2.45, 2.75) is 20.5 Å². The molecule has 1 nitrogen and oxygen atoms in total. The van der Waals surface area contributed by atoms with Crippen molar-refractivity contribution >= 4 is 11.6 Å². The second kappa shape index (κ2) is 7.15. The molecule has 0 saturated carbocycles. The van der Waals surface area contributed by atoms with Crippen LogP contribution in [0.3, 0.4) is 0 Å². The van der Waals surface area contributed by atoms with E-state index in [0.717, 1.165) is 16.7 Å². The smallest absolute Gasteiger partial charge is 0.165 e. The summed E-state index contributed by atoms with van der Waals surface area (Å²) in [6.45, 7) is 4.36. The minimum atomic E-state index is -0.392. The van der Waals surface area contributed by atoms with Crippen LogP contribution >= 0.6 is 11.6 Å². The van der Waals surface area contributed by atoms with E-state index in [0.29, 0.717) is 12.2 Å². The third kappa shape index (κ3) is 4.24. The molecule has 0 aliphatic heterocycles. The van der Waals surface area contributed by atoms with E-state index in [4.69, 9.17) is 16.3 Å². The van der Waals surface area contributed by atoms with Crippen LogP contribution in [-0.2, 0) is 6.61 Å². The van der Waals surface area contributed by atoms with E-state index < -0.39 is 5.82 Å². The standard InChI is InChI=1S/C18H16ClFO/c1-13-5-6-14(2)16(10-13)12-21-18-11-15(4-3-9-19)7-8-17(18)20/h5-8,10-11H,9,12H2,1-2H3. The Morgan fingerprint density at radius 3 is 2.71 bits per heavy atom. The van der Waals surface area contributed by atoms with E-state index in [1.54, 1.807) is 12.1 Å². The monoisotopic (exact) mass is 302 g/mol. The molecule has 0 aliphatic carbocycles. The summed E-state index contributed by atoms with van der Waals surface area (Å²) < 4.78 is 19.4. The molecule has 108 valence electrons. The summed E-state index contributed by atoms with van der Waals surface area (Å²) in [6, 6.07) is 10.7. The van der Waals surface area contributed by atoms with Gasteiger partial charge in [-0.25, -0.2) is 4.39 Å². The maximum Gasteiger partial charge on any atom is 0.165 e. The zero-order valence-corrected chi connectivity index (χ0v) is 12.8. The Labute approximate surface area is 129 Å². The zero-order valence-electron chi connectivity index (χ0n) is 12.0. The Morgan fingerprint density at radius 2 is 1.95 bits per heavy atom. The van der Waals surface area contributed by atoms with Gasteiger partial charge >= 0.3 is 0 Å². The van der Waals surface area contributed by atoms with E-state index in [-0.39, 0.29) is 11.6 Å². The van der Waals surface area contributed by atoms with E-state index in [1.165, 1.54) is 6.07 Å². The summed E-state index contributed by atoms with van der Waals surface area (Å²) in [4.78, 5) is 0. The predicted octanol–water partition coefficient (Wildman–Crippen LogP) is 4.61. The first-order valence-corrected chi connectivity index (χ1v) is 7.17. The van der Waals surface area contributed by atoms with Crippen LogP contribution in [0.4, 0.5) is 4.39 Å². The van der Waals surface area contributed by atoms with Gasteiger partial charge in [-0.3, -0.25) is 0 Å². The van der Waals surface area contributed by atoms with E-state index in [1.807, 2.05) is 32.0 Å². The van der Waals surface area contributed by atoms with Gasteiger partial charge in [0.15, 0.2) is 11.6 Å². The number of ether oxygens (including phenoxy) is 1. The van der Waals surface area contributed by atoms with Gasteiger partial charge in [0, 0.05) is 5.56 Å². The van der Waals surface area contributed by atoms with Crippen molar-refractivity contribution in [2.75, 3.05) is 5.88 Å². The van der Waals surface area contributed by atoms with Crippen molar-refractivity contribution in [2.24, 2.45) is 0 Å². The first kappa shape index (κ1) is 15.4. The highest BCUT2D eigenvalue weighted by atomic mass is 35.5. The molecule has 0 spiro atoms. The fourth-order valence-corrected chi connectivity index (χ4v) is 2.01. The van der Waals surface area contributed by atoms with Gasteiger partial charge in [0.1, 0.15) is 6.61 Å².